The monoisotopic (exact) mass is 513 g/mol. The van der Waals surface area contributed by atoms with Gasteiger partial charge in [-0.15, -0.1) is 10.2 Å². The van der Waals surface area contributed by atoms with Gasteiger partial charge in [-0.3, -0.25) is 9.36 Å². The lowest BCUT2D eigenvalue weighted by atomic mass is 9.87. The van der Waals surface area contributed by atoms with Gasteiger partial charge < -0.3 is 4.74 Å². The summed E-state index contributed by atoms with van der Waals surface area (Å²) in [5.41, 5.74) is 7.77. The van der Waals surface area contributed by atoms with Crippen LogP contribution in [0.25, 0.3) is 17.1 Å². The van der Waals surface area contributed by atoms with Gasteiger partial charge in [0.2, 0.25) is 0 Å². The van der Waals surface area contributed by atoms with Gasteiger partial charge in [0.1, 0.15) is 5.75 Å². The molecule has 7 nitrogen and oxygen atoms in total. The van der Waals surface area contributed by atoms with Crippen molar-refractivity contribution < 1.29 is 9.53 Å². The molecular weight excluding hydrogens is 482 g/mol. The number of nitrogens with one attached hydrogen (secondary N) is 1. The molecule has 1 N–H and O–H groups in total. The zero-order chi connectivity index (χ0) is 26.4. The highest BCUT2D eigenvalue weighted by molar-refractivity contribution is 7.99. The maximum absolute atomic E-state index is 12.5. The molecule has 37 heavy (non-hydrogen) atoms. The number of nitrogens with zero attached hydrogens (tertiary/aromatic N) is 4. The second-order valence-corrected chi connectivity index (χ2v) is 10.6. The summed E-state index contributed by atoms with van der Waals surface area (Å²) in [5.74, 6) is 1.36. The molecule has 1 amide bonds. The summed E-state index contributed by atoms with van der Waals surface area (Å²) in [5, 5.41) is 13.6. The Kier molecular flexibility index (Phi) is 8.08. The van der Waals surface area contributed by atoms with E-state index < -0.39 is 0 Å². The number of hydrogen-bond donors (Lipinski definition) is 1. The predicted molar refractivity (Wildman–Crippen MR) is 150 cm³/mol. The molecule has 8 heteroatoms. The summed E-state index contributed by atoms with van der Waals surface area (Å²) >= 11 is 1.31. The van der Waals surface area contributed by atoms with Gasteiger partial charge in [-0.1, -0.05) is 86.6 Å². The topological polar surface area (TPSA) is 81.4 Å². The molecule has 0 atom stereocenters. The second-order valence-electron chi connectivity index (χ2n) is 9.66. The Morgan fingerprint density at radius 3 is 2.46 bits per heavy atom. The van der Waals surface area contributed by atoms with Gasteiger partial charge in [0.25, 0.3) is 5.91 Å². The average Bonchev–Trinajstić information content (AvgIpc) is 3.31. The van der Waals surface area contributed by atoms with Gasteiger partial charge in [0, 0.05) is 11.3 Å². The molecule has 0 spiro atoms. The van der Waals surface area contributed by atoms with E-state index in [2.05, 4.69) is 77.9 Å². The van der Waals surface area contributed by atoms with Crippen LogP contribution in [-0.4, -0.2) is 39.7 Å². The van der Waals surface area contributed by atoms with Crippen LogP contribution in [-0.2, 0) is 10.2 Å². The van der Waals surface area contributed by atoms with E-state index in [1.54, 1.807) is 13.3 Å². The van der Waals surface area contributed by atoms with Crippen molar-refractivity contribution in [2.75, 3.05) is 12.9 Å². The summed E-state index contributed by atoms with van der Waals surface area (Å²) in [6, 6.07) is 24.0. The summed E-state index contributed by atoms with van der Waals surface area (Å²) in [7, 11) is 1.61. The highest BCUT2D eigenvalue weighted by atomic mass is 32.2. The van der Waals surface area contributed by atoms with E-state index in [1.807, 2.05) is 47.9 Å². The molecule has 4 aromatic rings. The highest BCUT2D eigenvalue weighted by Gasteiger charge is 2.19. The van der Waals surface area contributed by atoms with Gasteiger partial charge in [0.05, 0.1) is 19.1 Å². The molecule has 0 aliphatic carbocycles. The number of thioether (sulfide) groups is 1. The Bertz CT molecular complexity index is 1390. The van der Waals surface area contributed by atoms with Crippen molar-refractivity contribution in [1.82, 2.24) is 20.2 Å². The molecule has 1 heterocycles. The first-order valence-corrected chi connectivity index (χ1v) is 13.0. The largest absolute Gasteiger partial charge is 0.497 e. The third-order valence-corrected chi connectivity index (χ3v) is 6.69. The first kappa shape index (κ1) is 26.2. The van der Waals surface area contributed by atoms with Crippen molar-refractivity contribution >= 4 is 23.9 Å². The molecule has 0 fully saturated rings. The predicted octanol–water partition coefficient (Wildman–Crippen LogP) is 5.79. The van der Waals surface area contributed by atoms with E-state index in [1.165, 1.54) is 17.3 Å². The molecular formula is C29H31N5O2S. The van der Waals surface area contributed by atoms with E-state index in [0.717, 1.165) is 34.0 Å². The smallest absolute Gasteiger partial charge is 0.250 e. The minimum absolute atomic E-state index is 0.0621. The van der Waals surface area contributed by atoms with Crippen molar-refractivity contribution in [2.45, 2.75) is 38.3 Å². The van der Waals surface area contributed by atoms with E-state index in [9.17, 15) is 4.79 Å². The molecule has 0 saturated carbocycles. The van der Waals surface area contributed by atoms with Crippen molar-refractivity contribution in [3.8, 4) is 22.8 Å². The summed E-state index contributed by atoms with van der Waals surface area (Å²) in [6.07, 6.45) is 1.58. The fourth-order valence-corrected chi connectivity index (χ4v) is 4.40. The zero-order valence-electron chi connectivity index (χ0n) is 21.7. The lowest BCUT2D eigenvalue weighted by Crippen LogP contribution is -2.20. The van der Waals surface area contributed by atoms with Gasteiger partial charge in [-0.25, -0.2) is 5.43 Å². The maximum Gasteiger partial charge on any atom is 0.250 e. The number of carbonyl (C=O) groups is 1. The second kappa shape index (κ2) is 11.4. The molecule has 3 aromatic carbocycles. The first-order chi connectivity index (χ1) is 17.7. The fraction of sp³-hybridized carbons (Fsp3) is 0.241. The molecule has 0 bridgehead atoms. The molecule has 0 saturated heterocycles. The molecule has 0 radical (unpaired) electrons. The quantitative estimate of drug-likeness (QED) is 0.183. The number of carbonyl (C=O) groups excluding carboxylic acids is 1. The normalized spacial score (nSPS) is 11.6. The SMILES string of the molecule is COc1cccc(/C=N/NC(=O)CSc2nnc(-c3ccc(C(C)(C)C)cc3)n2-c2ccc(C)cc2)c1. The molecule has 0 aliphatic rings. The molecule has 0 unspecified atom stereocenters. The molecule has 0 aliphatic heterocycles. The van der Waals surface area contributed by atoms with Gasteiger partial charge >= 0.3 is 0 Å². The first-order valence-electron chi connectivity index (χ1n) is 12.0. The Morgan fingerprint density at radius 1 is 1.05 bits per heavy atom. The number of aromatic nitrogens is 3. The van der Waals surface area contributed by atoms with Crippen LogP contribution in [0.15, 0.2) is 83.1 Å². The van der Waals surface area contributed by atoms with E-state index in [0.29, 0.717) is 5.16 Å². The third-order valence-electron chi connectivity index (χ3n) is 5.76. The Balaban J connectivity index is 1.52. The number of amides is 1. The Labute approximate surface area is 222 Å². The number of methoxy groups -OCH3 is 1. The number of hydrogen-bond acceptors (Lipinski definition) is 6. The van der Waals surface area contributed by atoms with Crippen molar-refractivity contribution in [3.05, 3.63) is 89.5 Å². The number of benzene rings is 3. The van der Waals surface area contributed by atoms with E-state index in [4.69, 9.17) is 4.74 Å². The maximum atomic E-state index is 12.5. The van der Waals surface area contributed by atoms with E-state index in [-0.39, 0.29) is 17.1 Å². The number of ether oxygens (including phenoxy) is 1. The van der Waals surface area contributed by atoms with Crippen LogP contribution < -0.4 is 10.2 Å². The number of rotatable bonds is 8. The molecule has 190 valence electrons. The van der Waals surface area contributed by atoms with Crippen LogP contribution in [0.1, 0.15) is 37.5 Å². The lowest BCUT2D eigenvalue weighted by Gasteiger charge is -2.19. The van der Waals surface area contributed by atoms with Crippen LogP contribution in [0.2, 0.25) is 0 Å². The minimum atomic E-state index is -0.237. The van der Waals surface area contributed by atoms with Crippen LogP contribution >= 0.6 is 11.8 Å². The lowest BCUT2D eigenvalue weighted by molar-refractivity contribution is -0.118. The minimum Gasteiger partial charge on any atom is -0.497 e. The fourth-order valence-electron chi connectivity index (χ4n) is 3.66. The van der Waals surface area contributed by atoms with Crippen molar-refractivity contribution in [3.63, 3.8) is 0 Å². The van der Waals surface area contributed by atoms with Crippen LogP contribution in [0.3, 0.4) is 0 Å². The summed E-state index contributed by atoms with van der Waals surface area (Å²) < 4.78 is 7.20. The average molecular weight is 514 g/mol. The van der Waals surface area contributed by atoms with Crippen LogP contribution in [0.4, 0.5) is 0 Å². The Hall–Kier alpha value is -3.91. The standard InChI is InChI=1S/C29H31N5O2S/c1-20-9-15-24(16-10-20)34-27(22-11-13-23(14-12-22)29(2,3)4)32-33-28(34)37-19-26(35)31-30-18-21-7-6-8-25(17-21)36-5/h6-18H,19H2,1-5H3,(H,31,35)/b30-18+. The van der Waals surface area contributed by atoms with Crippen LogP contribution in [0, 0.1) is 6.92 Å². The van der Waals surface area contributed by atoms with Crippen molar-refractivity contribution in [2.24, 2.45) is 5.10 Å². The number of aryl methyl sites for hydroxylation is 1. The molecule has 1 aromatic heterocycles. The number of hydrazone groups is 1. The Morgan fingerprint density at radius 2 is 1.78 bits per heavy atom. The highest BCUT2D eigenvalue weighted by Crippen LogP contribution is 2.30. The van der Waals surface area contributed by atoms with Gasteiger partial charge in [0.15, 0.2) is 11.0 Å². The van der Waals surface area contributed by atoms with Crippen molar-refractivity contribution in [1.29, 1.82) is 0 Å². The molecule has 4 rings (SSSR count). The van der Waals surface area contributed by atoms with Gasteiger partial charge in [-0.05, 0) is 47.7 Å². The summed E-state index contributed by atoms with van der Waals surface area (Å²) in [4.78, 5) is 12.5. The third kappa shape index (κ3) is 6.65. The zero-order valence-corrected chi connectivity index (χ0v) is 22.5. The summed E-state index contributed by atoms with van der Waals surface area (Å²) in [6.45, 7) is 8.63. The van der Waals surface area contributed by atoms with Gasteiger partial charge in [-0.2, -0.15) is 5.10 Å². The van der Waals surface area contributed by atoms with E-state index >= 15 is 0 Å². The van der Waals surface area contributed by atoms with Crippen LogP contribution in [0.5, 0.6) is 5.75 Å².